The van der Waals surface area contributed by atoms with Crippen LogP contribution in [0.4, 0.5) is 14.9 Å². The van der Waals surface area contributed by atoms with Gasteiger partial charge in [-0.05, 0) is 48.0 Å². The Morgan fingerprint density at radius 1 is 0.941 bits per heavy atom. The van der Waals surface area contributed by atoms with Gasteiger partial charge in [-0.2, -0.15) is 0 Å². The molecule has 168 valence electrons. The molecule has 1 aliphatic rings. The highest BCUT2D eigenvalue weighted by molar-refractivity contribution is 6.39. The molecule has 1 aromatic heterocycles. The summed E-state index contributed by atoms with van der Waals surface area (Å²) in [5, 5.41) is 3.64. The van der Waals surface area contributed by atoms with E-state index in [4.69, 9.17) is 11.6 Å². The first-order chi connectivity index (χ1) is 16.4. The van der Waals surface area contributed by atoms with Crippen molar-refractivity contribution in [1.82, 2.24) is 9.88 Å². The van der Waals surface area contributed by atoms with Crippen molar-refractivity contribution in [1.29, 1.82) is 0 Å². The van der Waals surface area contributed by atoms with Gasteiger partial charge in [0, 0.05) is 34.2 Å². The molecule has 0 aliphatic carbocycles. The maximum absolute atomic E-state index is 13.7. The van der Waals surface area contributed by atoms with Crippen LogP contribution >= 0.6 is 11.6 Å². The number of halogens is 2. The van der Waals surface area contributed by atoms with E-state index in [9.17, 15) is 18.8 Å². The summed E-state index contributed by atoms with van der Waals surface area (Å²) in [6.07, 6.45) is 3.30. The predicted molar refractivity (Wildman–Crippen MR) is 128 cm³/mol. The van der Waals surface area contributed by atoms with Gasteiger partial charge < -0.3 is 4.57 Å². The monoisotopic (exact) mass is 473 g/mol. The number of benzene rings is 3. The van der Waals surface area contributed by atoms with Crippen molar-refractivity contribution in [3.63, 3.8) is 0 Å². The van der Waals surface area contributed by atoms with Crippen LogP contribution in [0.15, 0.2) is 84.6 Å². The minimum atomic E-state index is -0.928. The number of anilines is 1. The number of fused-ring (bicyclic) bond motifs is 1. The summed E-state index contributed by atoms with van der Waals surface area (Å²) in [7, 11) is 0. The lowest BCUT2D eigenvalue weighted by atomic mass is 10.1. The van der Waals surface area contributed by atoms with E-state index in [2.05, 4.69) is 5.32 Å². The number of hydrogen-bond donors (Lipinski definition) is 1. The second kappa shape index (κ2) is 8.61. The van der Waals surface area contributed by atoms with Crippen LogP contribution in [0.1, 0.15) is 11.1 Å². The third-order valence-corrected chi connectivity index (χ3v) is 5.81. The number of nitrogens with one attached hydrogen (secondary N) is 1. The molecular formula is C26H17ClFN3O3. The van der Waals surface area contributed by atoms with Gasteiger partial charge >= 0.3 is 6.03 Å². The molecule has 0 spiro atoms. The number of barbiturate groups is 1. The summed E-state index contributed by atoms with van der Waals surface area (Å²) in [4.78, 5) is 38.9. The molecule has 3 aromatic carbocycles. The van der Waals surface area contributed by atoms with Crippen molar-refractivity contribution in [2.45, 2.75) is 6.54 Å². The molecule has 5 rings (SSSR count). The molecule has 0 unspecified atom stereocenters. The quantitative estimate of drug-likeness (QED) is 0.329. The summed E-state index contributed by atoms with van der Waals surface area (Å²) in [5.74, 6) is -2.24. The van der Waals surface area contributed by atoms with Gasteiger partial charge in [-0.25, -0.2) is 14.1 Å². The van der Waals surface area contributed by atoms with E-state index >= 15 is 0 Å². The lowest BCUT2D eigenvalue weighted by molar-refractivity contribution is -0.122. The molecule has 4 amide bonds. The summed E-state index contributed by atoms with van der Waals surface area (Å²) >= 11 is 5.99. The number of urea groups is 1. The van der Waals surface area contributed by atoms with Crippen molar-refractivity contribution in [3.8, 4) is 0 Å². The molecule has 0 bridgehead atoms. The Morgan fingerprint density at radius 2 is 1.71 bits per heavy atom. The minimum absolute atomic E-state index is 0.0334. The number of carbonyl (C=O) groups is 3. The fraction of sp³-hybridized carbons (Fsp3) is 0.0385. The first-order valence-electron chi connectivity index (χ1n) is 10.4. The van der Waals surface area contributed by atoms with E-state index in [0.717, 1.165) is 27.4 Å². The molecule has 0 radical (unpaired) electrons. The number of para-hydroxylation sites is 1. The molecule has 2 heterocycles. The third-order valence-electron chi connectivity index (χ3n) is 5.55. The molecule has 0 saturated carbocycles. The largest absolute Gasteiger partial charge is 0.342 e. The zero-order chi connectivity index (χ0) is 23.8. The second-order valence-electron chi connectivity index (χ2n) is 7.79. The van der Waals surface area contributed by atoms with Crippen molar-refractivity contribution >= 4 is 52.1 Å². The lowest BCUT2D eigenvalue weighted by Gasteiger charge is -2.26. The molecular weight excluding hydrogens is 457 g/mol. The SMILES string of the molecule is O=C1NC(=O)N(c2cccc(F)c2)C(=O)C1=Cc1cn(Cc2ccc(Cl)cc2)c2ccccc12. The topological polar surface area (TPSA) is 71.4 Å². The van der Waals surface area contributed by atoms with Gasteiger partial charge in [0.25, 0.3) is 11.8 Å². The number of hydrogen-bond acceptors (Lipinski definition) is 3. The normalized spacial score (nSPS) is 15.3. The van der Waals surface area contributed by atoms with Gasteiger partial charge in [0.05, 0.1) is 5.69 Å². The van der Waals surface area contributed by atoms with Gasteiger partial charge in [-0.15, -0.1) is 0 Å². The number of amides is 4. The first-order valence-corrected chi connectivity index (χ1v) is 10.8. The summed E-state index contributed by atoms with van der Waals surface area (Å²) < 4.78 is 15.7. The number of rotatable bonds is 4. The van der Waals surface area contributed by atoms with Crippen molar-refractivity contribution in [3.05, 3.63) is 107 Å². The van der Waals surface area contributed by atoms with Crippen LogP contribution in [0.5, 0.6) is 0 Å². The van der Waals surface area contributed by atoms with Crippen molar-refractivity contribution in [2.75, 3.05) is 4.90 Å². The number of imide groups is 2. The number of aromatic nitrogens is 1. The van der Waals surface area contributed by atoms with Gasteiger partial charge in [-0.1, -0.05) is 48.0 Å². The van der Waals surface area contributed by atoms with Crippen LogP contribution in [0, 0.1) is 5.82 Å². The van der Waals surface area contributed by atoms with Crippen LogP contribution < -0.4 is 10.2 Å². The fourth-order valence-electron chi connectivity index (χ4n) is 3.97. The molecule has 1 N–H and O–H groups in total. The Balaban J connectivity index is 1.56. The highest BCUT2D eigenvalue weighted by atomic mass is 35.5. The van der Waals surface area contributed by atoms with E-state index in [1.165, 1.54) is 24.3 Å². The maximum Gasteiger partial charge on any atom is 0.335 e. The summed E-state index contributed by atoms with van der Waals surface area (Å²) in [6, 6.07) is 19.2. The first kappa shape index (κ1) is 21.6. The predicted octanol–water partition coefficient (Wildman–Crippen LogP) is 5.15. The lowest BCUT2D eigenvalue weighted by Crippen LogP contribution is -2.54. The van der Waals surface area contributed by atoms with Crippen molar-refractivity contribution in [2.24, 2.45) is 0 Å². The molecule has 1 aliphatic heterocycles. The smallest absolute Gasteiger partial charge is 0.335 e. The average molecular weight is 474 g/mol. The maximum atomic E-state index is 13.7. The van der Waals surface area contributed by atoms with Crippen LogP contribution in [0.3, 0.4) is 0 Å². The van der Waals surface area contributed by atoms with Gasteiger partial charge in [0.15, 0.2) is 0 Å². The molecule has 1 saturated heterocycles. The Bertz CT molecular complexity index is 1490. The highest BCUT2D eigenvalue weighted by Gasteiger charge is 2.37. The van der Waals surface area contributed by atoms with Crippen LogP contribution in [-0.2, 0) is 16.1 Å². The van der Waals surface area contributed by atoms with Crippen molar-refractivity contribution < 1.29 is 18.8 Å². The summed E-state index contributed by atoms with van der Waals surface area (Å²) in [5.41, 5.74) is 2.38. The minimum Gasteiger partial charge on any atom is -0.342 e. The second-order valence-corrected chi connectivity index (χ2v) is 8.23. The third kappa shape index (κ3) is 3.97. The average Bonchev–Trinajstić information content (AvgIpc) is 3.15. The Labute approximate surface area is 198 Å². The standard InChI is InChI=1S/C26H17ClFN3O3/c27-18-10-8-16(9-11-18)14-30-15-17(21-6-1-2-7-23(21)30)12-22-24(32)29-26(34)31(25(22)33)20-5-3-4-19(28)13-20/h1-13,15H,14H2,(H,29,32,34). The molecule has 8 heteroatoms. The number of nitrogens with zero attached hydrogens (tertiary/aromatic N) is 2. The Hall–Kier alpha value is -4.23. The van der Waals surface area contributed by atoms with E-state index in [1.807, 2.05) is 59.3 Å². The van der Waals surface area contributed by atoms with Gasteiger partial charge in [-0.3, -0.25) is 14.9 Å². The van der Waals surface area contributed by atoms with Gasteiger partial charge in [0.1, 0.15) is 11.4 Å². The fourth-order valence-corrected chi connectivity index (χ4v) is 4.10. The van der Waals surface area contributed by atoms with E-state index in [-0.39, 0.29) is 11.3 Å². The number of carbonyl (C=O) groups excluding carboxylic acids is 3. The Morgan fingerprint density at radius 3 is 2.47 bits per heavy atom. The van der Waals surface area contributed by atoms with Gasteiger partial charge in [0.2, 0.25) is 0 Å². The zero-order valence-corrected chi connectivity index (χ0v) is 18.4. The van der Waals surface area contributed by atoms with E-state index < -0.39 is 23.7 Å². The summed E-state index contributed by atoms with van der Waals surface area (Å²) in [6.45, 7) is 0.550. The van der Waals surface area contributed by atoms with E-state index in [1.54, 1.807) is 0 Å². The van der Waals surface area contributed by atoms with Crippen LogP contribution in [0.25, 0.3) is 17.0 Å². The Kier molecular flexibility index (Phi) is 5.47. The molecule has 1 fully saturated rings. The highest BCUT2D eigenvalue weighted by Crippen LogP contribution is 2.27. The van der Waals surface area contributed by atoms with Crippen LogP contribution in [0.2, 0.25) is 5.02 Å². The van der Waals surface area contributed by atoms with E-state index in [0.29, 0.717) is 17.1 Å². The molecule has 0 atom stereocenters. The zero-order valence-electron chi connectivity index (χ0n) is 17.7. The van der Waals surface area contributed by atoms with Crippen LogP contribution in [-0.4, -0.2) is 22.4 Å². The molecule has 34 heavy (non-hydrogen) atoms. The molecule has 4 aromatic rings. The molecule has 6 nitrogen and oxygen atoms in total.